The van der Waals surface area contributed by atoms with Gasteiger partial charge in [0.05, 0.1) is 0 Å². The molecule has 0 nitrogen and oxygen atoms in total. The van der Waals surface area contributed by atoms with E-state index in [1.54, 1.807) is 8.70 Å². The molecule has 0 amide bonds. The molecule has 0 unspecified atom stereocenters. The second kappa shape index (κ2) is 8.85. The zero-order valence-corrected chi connectivity index (χ0v) is 21.1. The van der Waals surface area contributed by atoms with E-state index >= 15 is 0 Å². The Morgan fingerprint density at radius 3 is 1.41 bits per heavy atom. The molecule has 2 heteroatoms. The molecule has 0 saturated heterocycles. The Hall–Kier alpha value is -1.22. The van der Waals surface area contributed by atoms with E-state index in [9.17, 15) is 0 Å². The molecule has 0 N–H and O–H groups in total. The van der Waals surface area contributed by atoms with E-state index < -0.39 is 29.3 Å². The first-order valence-corrected chi connectivity index (χ1v) is 18.9. The molecule has 0 aliphatic heterocycles. The Labute approximate surface area is 174 Å². The van der Waals surface area contributed by atoms with Gasteiger partial charge in [-0.2, -0.15) is 0 Å². The summed E-state index contributed by atoms with van der Waals surface area (Å²) < 4.78 is 3.13. The fourth-order valence-corrected chi connectivity index (χ4v) is 7.16. The van der Waals surface area contributed by atoms with Gasteiger partial charge in [-0.05, 0) is 0 Å². The SMILES string of the molecule is Cc1cc([As](C)C)ccc1C(c1ccccc1)c1ccc([As](C)C)cc1C. The predicted octanol–water partition coefficient (Wildman–Crippen LogP) is 5.41. The third kappa shape index (κ3) is 4.61. The summed E-state index contributed by atoms with van der Waals surface area (Å²) in [5.74, 6) is 0.304. The van der Waals surface area contributed by atoms with Crippen molar-refractivity contribution in [3.8, 4) is 0 Å². The Morgan fingerprint density at radius 1 is 0.593 bits per heavy atom. The molecule has 0 aromatic heterocycles. The van der Waals surface area contributed by atoms with Gasteiger partial charge >= 0.3 is 175 Å². The van der Waals surface area contributed by atoms with Crippen LogP contribution in [0.2, 0.25) is 22.8 Å². The first-order valence-electron chi connectivity index (χ1n) is 9.49. The van der Waals surface area contributed by atoms with Gasteiger partial charge in [0.1, 0.15) is 0 Å². The molecule has 0 spiro atoms. The minimum absolute atomic E-state index is 0.304. The number of benzene rings is 3. The van der Waals surface area contributed by atoms with E-state index in [1.807, 2.05) is 0 Å². The Bertz CT molecular complexity index is 853. The van der Waals surface area contributed by atoms with Gasteiger partial charge in [0, 0.05) is 0 Å². The predicted molar refractivity (Wildman–Crippen MR) is 124 cm³/mol. The first-order chi connectivity index (χ1) is 12.9. The summed E-state index contributed by atoms with van der Waals surface area (Å²) in [7, 11) is 0. The van der Waals surface area contributed by atoms with Crippen LogP contribution in [0.3, 0.4) is 0 Å². The summed E-state index contributed by atoms with van der Waals surface area (Å²) in [4.78, 5) is 0. The van der Waals surface area contributed by atoms with Crippen LogP contribution < -0.4 is 8.70 Å². The summed E-state index contributed by atoms with van der Waals surface area (Å²) in [5.41, 5.74) is 16.8. The van der Waals surface area contributed by atoms with Crippen molar-refractivity contribution in [2.24, 2.45) is 0 Å². The van der Waals surface area contributed by atoms with Crippen LogP contribution in [0, 0.1) is 13.8 Å². The molecule has 3 rings (SSSR count). The normalized spacial score (nSPS) is 11.6. The molecule has 0 heterocycles. The third-order valence-corrected chi connectivity index (χ3v) is 10.8. The van der Waals surface area contributed by atoms with Gasteiger partial charge < -0.3 is 0 Å². The molecule has 0 aliphatic rings. The van der Waals surface area contributed by atoms with Crippen LogP contribution in [0.4, 0.5) is 0 Å². The van der Waals surface area contributed by atoms with Crippen molar-refractivity contribution in [3.63, 3.8) is 0 Å². The van der Waals surface area contributed by atoms with Crippen molar-refractivity contribution in [2.75, 3.05) is 0 Å². The van der Waals surface area contributed by atoms with Gasteiger partial charge in [-0.15, -0.1) is 0 Å². The molecular formula is C25H30As2. The second-order valence-electron chi connectivity index (χ2n) is 7.71. The fraction of sp³-hybridized carbons (Fsp3) is 0.280. The first kappa shape index (κ1) is 20.5. The van der Waals surface area contributed by atoms with Gasteiger partial charge in [0.15, 0.2) is 0 Å². The quantitative estimate of drug-likeness (QED) is 0.339. The molecular weight excluding hydrogens is 450 g/mol. The number of hydrogen-bond donors (Lipinski definition) is 0. The van der Waals surface area contributed by atoms with Gasteiger partial charge in [-0.25, -0.2) is 0 Å². The van der Waals surface area contributed by atoms with Gasteiger partial charge in [0.25, 0.3) is 0 Å². The summed E-state index contributed by atoms with van der Waals surface area (Å²) in [6, 6.07) is 25.4. The van der Waals surface area contributed by atoms with Crippen LogP contribution in [0.25, 0.3) is 0 Å². The number of rotatable bonds is 5. The van der Waals surface area contributed by atoms with E-state index in [1.165, 1.54) is 27.8 Å². The summed E-state index contributed by atoms with van der Waals surface area (Å²) in [6.07, 6.45) is 0. The minimum atomic E-state index is -0.847. The van der Waals surface area contributed by atoms with Crippen molar-refractivity contribution in [1.29, 1.82) is 0 Å². The second-order valence-corrected chi connectivity index (χ2v) is 17.4. The molecule has 0 saturated carbocycles. The Kier molecular flexibility index (Phi) is 6.72. The van der Waals surface area contributed by atoms with Crippen LogP contribution >= 0.6 is 0 Å². The topological polar surface area (TPSA) is 0 Å². The maximum absolute atomic E-state index is 2.44. The van der Waals surface area contributed by atoms with Crippen molar-refractivity contribution >= 4 is 38.0 Å². The van der Waals surface area contributed by atoms with Crippen LogP contribution in [0.5, 0.6) is 0 Å². The van der Waals surface area contributed by atoms with Crippen molar-refractivity contribution in [2.45, 2.75) is 42.6 Å². The van der Waals surface area contributed by atoms with Gasteiger partial charge in [-0.3, -0.25) is 0 Å². The zero-order valence-electron chi connectivity index (χ0n) is 17.3. The number of hydrogen-bond acceptors (Lipinski definition) is 0. The van der Waals surface area contributed by atoms with E-state index in [-0.39, 0.29) is 0 Å². The van der Waals surface area contributed by atoms with E-state index in [2.05, 4.69) is 103 Å². The van der Waals surface area contributed by atoms with Crippen LogP contribution in [-0.4, -0.2) is 29.3 Å². The average Bonchev–Trinajstić information content (AvgIpc) is 2.65. The molecule has 3 aromatic rings. The van der Waals surface area contributed by atoms with Crippen LogP contribution in [0.15, 0.2) is 66.7 Å². The molecule has 0 bridgehead atoms. The number of aryl methyl sites for hydroxylation is 2. The van der Waals surface area contributed by atoms with Gasteiger partial charge in [-0.1, -0.05) is 0 Å². The molecule has 27 heavy (non-hydrogen) atoms. The van der Waals surface area contributed by atoms with Gasteiger partial charge in [0.2, 0.25) is 0 Å². The summed E-state index contributed by atoms with van der Waals surface area (Å²) >= 11 is -1.69. The van der Waals surface area contributed by atoms with E-state index in [4.69, 9.17) is 0 Å². The van der Waals surface area contributed by atoms with E-state index in [0.29, 0.717) is 5.92 Å². The average molecular weight is 480 g/mol. The molecule has 0 atom stereocenters. The monoisotopic (exact) mass is 480 g/mol. The third-order valence-electron chi connectivity index (χ3n) is 5.29. The molecule has 0 radical (unpaired) electrons. The molecule has 140 valence electrons. The molecule has 0 fully saturated rings. The van der Waals surface area contributed by atoms with Crippen molar-refractivity contribution in [1.82, 2.24) is 0 Å². The van der Waals surface area contributed by atoms with Crippen LogP contribution in [-0.2, 0) is 0 Å². The van der Waals surface area contributed by atoms with Crippen LogP contribution in [0.1, 0.15) is 33.7 Å². The molecule has 0 aliphatic carbocycles. The zero-order chi connectivity index (χ0) is 19.6. The standard InChI is InChI=1S/C25H30As2/c1-18-16-21(26(3)4)12-14-23(18)25(20-10-8-7-9-11-20)24-15-13-22(27(5)6)17-19(24)2/h7-17,25H,1-6H3. The maximum atomic E-state index is 2.44. The summed E-state index contributed by atoms with van der Waals surface area (Å²) in [5, 5.41) is 0. The van der Waals surface area contributed by atoms with Crippen molar-refractivity contribution in [3.05, 3.63) is 94.5 Å². The molecule has 3 aromatic carbocycles. The van der Waals surface area contributed by atoms with Crippen molar-refractivity contribution < 1.29 is 0 Å². The fourth-order valence-electron chi connectivity index (χ4n) is 3.70. The Morgan fingerprint density at radius 2 is 1.04 bits per heavy atom. The van der Waals surface area contributed by atoms with E-state index in [0.717, 1.165) is 0 Å². The summed E-state index contributed by atoms with van der Waals surface area (Å²) in [6.45, 7) is 4.58. The Balaban J connectivity index is 2.17.